The summed E-state index contributed by atoms with van der Waals surface area (Å²) in [7, 11) is 0. The second-order valence-corrected chi connectivity index (χ2v) is 14.1. The predicted molar refractivity (Wildman–Crippen MR) is 231 cm³/mol. The lowest BCUT2D eigenvalue weighted by Crippen LogP contribution is -2.12. The Labute approximate surface area is 318 Å². The zero-order valence-corrected chi connectivity index (χ0v) is 29.9. The largest absolute Gasteiger partial charge is 0.454 e. The molecular weight excluding hydrogens is 669 g/mol. The Morgan fingerprint density at radius 2 is 1.00 bits per heavy atom. The molecule has 258 valence electrons. The van der Waals surface area contributed by atoms with E-state index in [1.54, 1.807) is 0 Å². The van der Waals surface area contributed by atoms with Crippen molar-refractivity contribution in [2.75, 3.05) is 4.90 Å². The summed E-state index contributed by atoms with van der Waals surface area (Å²) >= 11 is 0. The molecule has 2 aromatic heterocycles. The molecule has 0 spiro atoms. The highest BCUT2D eigenvalue weighted by atomic mass is 16.3. The van der Waals surface area contributed by atoms with Crippen molar-refractivity contribution in [2.24, 2.45) is 0 Å². The van der Waals surface area contributed by atoms with Gasteiger partial charge in [0.1, 0.15) is 5.58 Å². The van der Waals surface area contributed by atoms with Gasteiger partial charge in [-0.05, 0) is 82.1 Å². The summed E-state index contributed by atoms with van der Waals surface area (Å²) in [4.78, 5) is 2.40. The molecule has 0 aliphatic rings. The molecule has 0 N–H and O–H groups in total. The summed E-state index contributed by atoms with van der Waals surface area (Å²) < 4.78 is 9.17. The quantitative estimate of drug-likeness (QED) is 0.172. The van der Waals surface area contributed by atoms with Crippen LogP contribution in [0.2, 0.25) is 0 Å². The summed E-state index contributed by atoms with van der Waals surface area (Å²) in [5.41, 5.74) is 12.9. The van der Waals surface area contributed by atoms with E-state index in [-0.39, 0.29) is 0 Å². The number of para-hydroxylation sites is 3. The highest BCUT2D eigenvalue weighted by Crippen LogP contribution is 2.47. The molecule has 11 rings (SSSR count). The van der Waals surface area contributed by atoms with E-state index in [1.165, 1.54) is 38.2 Å². The van der Waals surface area contributed by atoms with E-state index in [9.17, 15) is 0 Å². The summed E-state index contributed by atoms with van der Waals surface area (Å²) in [5, 5.41) is 6.99. The molecule has 2 heterocycles. The molecule has 0 unspecified atom stereocenters. The lowest BCUT2D eigenvalue weighted by Gasteiger charge is -2.28. The summed E-state index contributed by atoms with van der Waals surface area (Å²) in [5.74, 6) is 0. The number of nitrogens with zero attached hydrogens (tertiary/aromatic N) is 2. The van der Waals surface area contributed by atoms with Crippen LogP contribution in [0.3, 0.4) is 0 Å². The van der Waals surface area contributed by atoms with Gasteiger partial charge in [0.2, 0.25) is 0 Å². The molecule has 0 aliphatic heterocycles. The van der Waals surface area contributed by atoms with Gasteiger partial charge >= 0.3 is 0 Å². The zero-order valence-electron chi connectivity index (χ0n) is 29.9. The van der Waals surface area contributed by atoms with Crippen LogP contribution in [0.25, 0.3) is 82.5 Å². The van der Waals surface area contributed by atoms with Gasteiger partial charge in [-0.2, -0.15) is 0 Å². The third kappa shape index (κ3) is 5.13. The first-order chi connectivity index (χ1) is 27.3. The fourth-order valence-electron chi connectivity index (χ4n) is 8.39. The molecule has 3 nitrogen and oxygen atoms in total. The van der Waals surface area contributed by atoms with E-state index in [0.29, 0.717) is 0 Å². The fraction of sp³-hybridized carbons (Fsp3) is 0. The Balaban J connectivity index is 1.20. The van der Waals surface area contributed by atoms with Crippen LogP contribution in [0.15, 0.2) is 211 Å². The Morgan fingerprint density at radius 1 is 0.382 bits per heavy atom. The molecule has 55 heavy (non-hydrogen) atoms. The fourth-order valence-corrected chi connectivity index (χ4v) is 8.39. The Bertz CT molecular complexity index is 3190. The number of hydrogen-bond donors (Lipinski definition) is 0. The monoisotopic (exact) mass is 702 g/mol. The molecule has 3 heteroatoms. The summed E-state index contributed by atoms with van der Waals surface area (Å²) in [6, 6.07) is 74.0. The van der Waals surface area contributed by atoms with Crippen LogP contribution in [0, 0.1) is 0 Å². The van der Waals surface area contributed by atoms with Crippen LogP contribution in [0.5, 0.6) is 0 Å². The van der Waals surface area contributed by atoms with Gasteiger partial charge in [-0.25, -0.2) is 0 Å². The smallest absolute Gasteiger partial charge is 0.159 e. The van der Waals surface area contributed by atoms with Crippen molar-refractivity contribution >= 4 is 71.6 Å². The first kappa shape index (κ1) is 31.2. The number of benzene rings is 9. The maximum absolute atomic E-state index is 6.77. The van der Waals surface area contributed by atoms with E-state index < -0.39 is 0 Å². The van der Waals surface area contributed by atoms with E-state index in [1.807, 2.05) is 6.07 Å². The van der Waals surface area contributed by atoms with Crippen LogP contribution in [-0.4, -0.2) is 4.57 Å². The van der Waals surface area contributed by atoms with Crippen LogP contribution >= 0.6 is 0 Å². The maximum atomic E-state index is 6.77. The van der Waals surface area contributed by atoms with Crippen molar-refractivity contribution in [1.82, 2.24) is 4.57 Å². The molecule has 11 aromatic rings. The van der Waals surface area contributed by atoms with Crippen LogP contribution in [0.4, 0.5) is 17.1 Å². The third-order valence-corrected chi connectivity index (χ3v) is 11.0. The minimum absolute atomic E-state index is 0.855. The Kier molecular flexibility index (Phi) is 7.17. The van der Waals surface area contributed by atoms with Crippen LogP contribution in [-0.2, 0) is 0 Å². The van der Waals surface area contributed by atoms with Crippen LogP contribution in [0.1, 0.15) is 0 Å². The lowest BCUT2D eigenvalue weighted by atomic mass is 9.97. The standard InChI is InChI=1S/C52H34N2O/c1-3-14-35(15-4-1)36-26-28-40(29-27-36)53-47-23-11-9-20-42(47)43-31-30-41(34-50(43)53)54(48-24-13-22-45-44-21-10-12-25-51(44)55-52(45)48)49-33-39-19-8-7-18-38(39)32-46(49)37-16-5-2-6-17-37/h1-34H. The second kappa shape index (κ2) is 12.6. The molecule has 0 fully saturated rings. The van der Waals surface area contributed by atoms with Crippen LogP contribution < -0.4 is 4.90 Å². The Morgan fingerprint density at radius 3 is 1.80 bits per heavy atom. The average Bonchev–Trinajstić information content (AvgIpc) is 3.80. The van der Waals surface area contributed by atoms with Crippen molar-refractivity contribution in [3.8, 4) is 27.9 Å². The summed E-state index contributed by atoms with van der Waals surface area (Å²) in [6.45, 7) is 0. The van der Waals surface area contributed by atoms with E-state index >= 15 is 0 Å². The third-order valence-electron chi connectivity index (χ3n) is 11.0. The van der Waals surface area contributed by atoms with E-state index in [0.717, 1.165) is 61.3 Å². The number of furan rings is 1. The van der Waals surface area contributed by atoms with E-state index in [4.69, 9.17) is 4.42 Å². The second-order valence-electron chi connectivity index (χ2n) is 14.1. The van der Waals surface area contributed by atoms with E-state index in [2.05, 4.69) is 210 Å². The van der Waals surface area contributed by atoms with Crippen molar-refractivity contribution < 1.29 is 4.42 Å². The Hall–Kier alpha value is -7.36. The molecule has 9 aromatic carbocycles. The van der Waals surface area contributed by atoms with Gasteiger partial charge in [0, 0.05) is 38.5 Å². The first-order valence-electron chi connectivity index (χ1n) is 18.8. The van der Waals surface area contributed by atoms with Gasteiger partial charge in [-0.15, -0.1) is 0 Å². The number of fused-ring (bicyclic) bond motifs is 7. The molecule has 0 bridgehead atoms. The predicted octanol–water partition coefficient (Wildman–Crippen LogP) is 14.6. The minimum Gasteiger partial charge on any atom is -0.454 e. The maximum Gasteiger partial charge on any atom is 0.159 e. The zero-order chi connectivity index (χ0) is 36.3. The molecule has 0 saturated heterocycles. The number of anilines is 3. The number of hydrogen-bond acceptors (Lipinski definition) is 2. The highest BCUT2D eigenvalue weighted by Gasteiger charge is 2.24. The molecule has 0 amide bonds. The topological polar surface area (TPSA) is 21.3 Å². The normalized spacial score (nSPS) is 11.6. The van der Waals surface area contributed by atoms with Gasteiger partial charge in [-0.3, -0.25) is 0 Å². The van der Waals surface area contributed by atoms with Gasteiger partial charge in [0.25, 0.3) is 0 Å². The molecule has 0 saturated carbocycles. The van der Waals surface area contributed by atoms with Gasteiger partial charge < -0.3 is 13.9 Å². The van der Waals surface area contributed by atoms with Crippen molar-refractivity contribution in [1.29, 1.82) is 0 Å². The highest BCUT2D eigenvalue weighted by molar-refractivity contribution is 6.13. The number of aromatic nitrogens is 1. The minimum atomic E-state index is 0.855. The number of rotatable bonds is 6. The van der Waals surface area contributed by atoms with Crippen molar-refractivity contribution in [3.05, 3.63) is 206 Å². The van der Waals surface area contributed by atoms with Gasteiger partial charge in [0.05, 0.1) is 22.4 Å². The lowest BCUT2D eigenvalue weighted by molar-refractivity contribution is 0.669. The molecule has 0 aliphatic carbocycles. The van der Waals surface area contributed by atoms with Gasteiger partial charge in [-0.1, -0.05) is 152 Å². The molecule has 0 atom stereocenters. The van der Waals surface area contributed by atoms with Crippen molar-refractivity contribution in [2.45, 2.75) is 0 Å². The first-order valence-corrected chi connectivity index (χ1v) is 18.8. The summed E-state index contributed by atoms with van der Waals surface area (Å²) in [6.07, 6.45) is 0. The van der Waals surface area contributed by atoms with Crippen molar-refractivity contribution in [3.63, 3.8) is 0 Å². The molecule has 0 radical (unpaired) electrons. The average molecular weight is 703 g/mol. The molecular formula is C52H34N2O. The van der Waals surface area contributed by atoms with Gasteiger partial charge in [0.15, 0.2) is 5.58 Å². The SMILES string of the molecule is c1ccc(-c2ccc(-n3c4ccccc4c4ccc(N(c5cc6ccccc6cc5-c5ccccc5)c5cccc6c5oc5ccccc56)cc43)cc2)cc1.